The number of carbonyl (C=O) groups is 1. The molecule has 0 saturated heterocycles. The Morgan fingerprint density at radius 3 is 2.63 bits per heavy atom. The third-order valence-electron chi connectivity index (χ3n) is 4.79. The minimum Gasteiger partial charge on any atom is -0.399 e. The van der Waals surface area contributed by atoms with E-state index in [9.17, 15) is 4.79 Å². The van der Waals surface area contributed by atoms with E-state index in [0.29, 0.717) is 11.3 Å². The summed E-state index contributed by atoms with van der Waals surface area (Å²) < 4.78 is 0. The average Bonchev–Trinajstić information content (AvgIpc) is 2.96. The third-order valence-corrected chi connectivity index (χ3v) is 4.79. The molecular weight excluding hydrogens is 336 g/mol. The molecule has 0 saturated carbocycles. The van der Waals surface area contributed by atoms with E-state index in [1.165, 1.54) is 18.4 Å². The molecule has 2 aromatic carbocycles. The van der Waals surface area contributed by atoms with Gasteiger partial charge in [0, 0.05) is 34.9 Å². The molecule has 0 radical (unpaired) electrons. The van der Waals surface area contributed by atoms with Crippen LogP contribution in [0.5, 0.6) is 0 Å². The second-order valence-electron chi connectivity index (χ2n) is 7.17. The number of nitrogen functional groups attached to an aromatic ring is 1. The minimum atomic E-state index is -0.102. The third kappa shape index (κ3) is 4.49. The van der Waals surface area contributed by atoms with Crippen LogP contribution in [0.1, 0.15) is 37.8 Å². The number of hydrogen-bond donors (Lipinski definition) is 3. The Kier molecular flexibility index (Phi) is 5.81. The van der Waals surface area contributed by atoms with E-state index in [0.717, 1.165) is 35.7 Å². The van der Waals surface area contributed by atoms with Crippen LogP contribution in [0.25, 0.3) is 5.57 Å². The second-order valence-corrected chi connectivity index (χ2v) is 7.17. The fourth-order valence-corrected chi connectivity index (χ4v) is 3.35. The fourth-order valence-electron chi connectivity index (χ4n) is 3.35. The maximum absolute atomic E-state index is 12.4. The van der Waals surface area contributed by atoms with Gasteiger partial charge in [-0.3, -0.25) is 4.79 Å². The first-order chi connectivity index (χ1) is 13.0. The zero-order chi connectivity index (χ0) is 19.4. The topological polar surface area (TPSA) is 70.4 Å². The van der Waals surface area contributed by atoms with E-state index in [1.807, 2.05) is 19.1 Å². The van der Waals surface area contributed by atoms with Crippen molar-refractivity contribution in [1.29, 1.82) is 0 Å². The van der Waals surface area contributed by atoms with E-state index < -0.39 is 0 Å². The average molecular weight is 364 g/mol. The van der Waals surface area contributed by atoms with E-state index in [1.54, 1.807) is 6.07 Å². The maximum atomic E-state index is 12.4. The monoisotopic (exact) mass is 364 g/mol. The number of fused-ring (bicyclic) bond motifs is 1. The van der Waals surface area contributed by atoms with Crippen LogP contribution in [0.15, 0.2) is 48.2 Å². The first-order valence-electron chi connectivity index (χ1n) is 9.44. The van der Waals surface area contributed by atoms with Crippen LogP contribution >= 0.6 is 0 Å². The Morgan fingerprint density at radius 2 is 1.93 bits per heavy atom. The number of amides is 1. The Balaban J connectivity index is 1.73. The van der Waals surface area contributed by atoms with Crippen molar-refractivity contribution in [2.75, 3.05) is 30.0 Å². The number of anilines is 3. The highest BCUT2D eigenvalue weighted by Crippen LogP contribution is 2.35. The summed E-state index contributed by atoms with van der Waals surface area (Å²) in [5, 5.41) is 6.24. The molecule has 1 aliphatic rings. The number of carbonyl (C=O) groups excluding carboxylic acids is 1. The smallest absolute Gasteiger partial charge is 0.258 e. The molecule has 0 aliphatic carbocycles. The van der Waals surface area contributed by atoms with Crippen molar-refractivity contribution in [1.82, 2.24) is 4.90 Å². The lowest BCUT2D eigenvalue weighted by Gasteiger charge is -2.16. The summed E-state index contributed by atoms with van der Waals surface area (Å²) in [6, 6.07) is 13.8. The number of unbranched alkanes of at least 4 members (excludes halogenated alkanes) is 1. The number of allylic oxidation sites excluding steroid dienone is 1. The SMILES string of the molecule is CCCCN(C)Cc1ccc(NC(C)=C2C(=O)Nc3ccc(N)cc32)cc1. The normalized spacial score (nSPS) is 14.9. The van der Waals surface area contributed by atoms with Gasteiger partial charge in [-0.15, -0.1) is 0 Å². The summed E-state index contributed by atoms with van der Waals surface area (Å²) in [5.41, 5.74) is 11.9. The van der Waals surface area contributed by atoms with Crippen molar-refractivity contribution in [3.8, 4) is 0 Å². The fraction of sp³-hybridized carbons (Fsp3) is 0.318. The number of nitrogens with two attached hydrogens (primary N) is 1. The van der Waals surface area contributed by atoms with Crippen molar-refractivity contribution >= 4 is 28.5 Å². The molecule has 2 aromatic rings. The molecule has 27 heavy (non-hydrogen) atoms. The number of rotatable bonds is 7. The highest BCUT2D eigenvalue weighted by atomic mass is 16.2. The van der Waals surface area contributed by atoms with Gasteiger partial charge in [0.1, 0.15) is 0 Å². The van der Waals surface area contributed by atoms with Crippen molar-refractivity contribution < 1.29 is 4.79 Å². The van der Waals surface area contributed by atoms with E-state index in [-0.39, 0.29) is 5.91 Å². The lowest BCUT2D eigenvalue weighted by Crippen LogP contribution is -2.18. The van der Waals surface area contributed by atoms with Crippen molar-refractivity contribution in [3.05, 3.63) is 59.3 Å². The highest BCUT2D eigenvalue weighted by Gasteiger charge is 2.26. The summed E-state index contributed by atoms with van der Waals surface area (Å²) in [4.78, 5) is 14.7. The van der Waals surface area contributed by atoms with Gasteiger partial charge < -0.3 is 21.3 Å². The quantitative estimate of drug-likeness (QED) is 0.506. The first kappa shape index (κ1) is 19.0. The van der Waals surface area contributed by atoms with Crippen LogP contribution in [0, 0.1) is 0 Å². The number of benzene rings is 2. The first-order valence-corrected chi connectivity index (χ1v) is 9.44. The Bertz CT molecular complexity index is 855. The number of nitrogens with one attached hydrogen (secondary N) is 2. The predicted molar refractivity (Wildman–Crippen MR) is 113 cm³/mol. The summed E-state index contributed by atoms with van der Waals surface area (Å²) in [6.07, 6.45) is 2.43. The molecule has 1 heterocycles. The van der Waals surface area contributed by atoms with Crippen molar-refractivity contribution in [2.45, 2.75) is 33.2 Å². The van der Waals surface area contributed by atoms with Gasteiger partial charge in [0.15, 0.2) is 0 Å². The van der Waals surface area contributed by atoms with Gasteiger partial charge in [0.25, 0.3) is 5.91 Å². The van der Waals surface area contributed by atoms with Gasteiger partial charge in [-0.25, -0.2) is 0 Å². The van der Waals surface area contributed by atoms with Crippen LogP contribution in [0.4, 0.5) is 17.1 Å². The van der Waals surface area contributed by atoms with Gasteiger partial charge in [-0.1, -0.05) is 25.5 Å². The standard InChI is InChI=1S/C22H28N4O/c1-4-5-12-26(3)14-16-6-9-18(10-7-16)24-15(2)21-19-13-17(23)8-11-20(19)25-22(21)27/h6-11,13,24H,4-5,12,14,23H2,1-3H3,(H,25,27). The van der Waals surface area contributed by atoms with Gasteiger partial charge in [-0.2, -0.15) is 0 Å². The van der Waals surface area contributed by atoms with E-state index >= 15 is 0 Å². The summed E-state index contributed by atoms with van der Waals surface area (Å²) in [7, 11) is 2.15. The Morgan fingerprint density at radius 1 is 1.19 bits per heavy atom. The summed E-state index contributed by atoms with van der Waals surface area (Å²) in [5.74, 6) is -0.102. The number of nitrogens with zero attached hydrogens (tertiary/aromatic N) is 1. The second kappa shape index (κ2) is 8.27. The van der Waals surface area contributed by atoms with Gasteiger partial charge in [0.2, 0.25) is 0 Å². The molecule has 1 amide bonds. The van der Waals surface area contributed by atoms with Gasteiger partial charge in [-0.05, 0) is 62.8 Å². The zero-order valence-corrected chi connectivity index (χ0v) is 16.3. The molecule has 5 nitrogen and oxygen atoms in total. The van der Waals surface area contributed by atoms with Gasteiger partial charge >= 0.3 is 0 Å². The molecule has 0 unspecified atom stereocenters. The molecule has 0 bridgehead atoms. The molecule has 1 aliphatic heterocycles. The molecule has 0 atom stereocenters. The highest BCUT2D eigenvalue weighted by molar-refractivity contribution is 6.32. The zero-order valence-electron chi connectivity index (χ0n) is 16.3. The Hall–Kier alpha value is -2.79. The van der Waals surface area contributed by atoms with E-state index in [2.05, 4.69) is 53.8 Å². The van der Waals surface area contributed by atoms with E-state index in [4.69, 9.17) is 5.73 Å². The lowest BCUT2D eigenvalue weighted by atomic mass is 10.0. The van der Waals surface area contributed by atoms with Crippen LogP contribution in [-0.4, -0.2) is 24.4 Å². The summed E-state index contributed by atoms with van der Waals surface area (Å²) in [6.45, 7) is 6.18. The summed E-state index contributed by atoms with van der Waals surface area (Å²) >= 11 is 0. The maximum Gasteiger partial charge on any atom is 0.258 e. The lowest BCUT2D eigenvalue weighted by molar-refractivity contribution is -0.110. The van der Waals surface area contributed by atoms with Crippen LogP contribution in [0.2, 0.25) is 0 Å². The van der Waals surface area contributed by atoms with Crippen LogP contribution in [-0.2, 0) is 11.3 Å². The minimum absolute atomic E-state index is 0.102. The van der Waals surface area contributed by atoms with Gasteiger partial charge in [0.05, 0.1) is 5.57 Å². The molecular formula is C22H28N4O. The molecule has 5 heteroatoms. The molecule has 0 aromatic heterocycles. The predicted octanol–water partition coefficient (Wildman–Crippen LogP) is 4.30. The largest absolute Gasteiger partial charge is 0.399 e. The van der Waals surface area contributed by atoms with Crippen molar-refractivity contribution in [3.63, 3.8) is 0 Å². The molecule has 0 fully saturated rings. The number of hydrogen-bond acceptors (Lipinski definition) is 4. The van der Waals surface area contributed by atoms with Crippen molar-refractivity contribution in [2.24, 2.45) is 0 Å². The molecule has 142 valence electrons. The molecule has 0 spiro atoms. The van der Waals surface area contributed by atoms with Crippen LogP contribution < -0.4 is 16.4 Å². The molecule has 3 rings (SSSR count). The van der Waals surface area contributed by atoms with Crippen LogP contribution in [0.3, 0.4) is 0 Å². The Labute approximate surface area is 161 Å². The molecule has 4 N–H and O–H groups in total.